The predicted molar refractivity (Wildman–Crippen MR) is 69.4 cm³/mol. The van der Waals surface area contributed by atoms with Crippen LogP contribution in [0.2, 0.25) is 0 Å². The van der Waals surface area contributed by atoms with Gasteiger partial charge in [0.05, 0.1) is 0 Å². The number of nitrogens with one attached hydrogen (secondary N) is 2. The molecule has 0 aromatic heterocycles. The molecule has 0 saturated heterocycles. The molecular weight excluding hydrogens is 232 g/mol. The third-order valence-electron chi connectivity index (χ3n) is 3.48. The van der Waals surface area contributed by atoms with E-state index < -0.39 is 12.0 Å². The minimum Gasteiger partial charge on any atom is -0.480 e. The van der Waals surface area contributed by atoms with Crippen molar-refractivity contribution >= 4 is 12.0 Å². The lowest BCUT2D eigenvalue weighted by Crippen LogP contribution is -2.53. The van der Waals surface area contributed by atoms with Crippen LogP contribution in [0, 0.1) is 5.92 Å². The smallest absolute Gasteiger partial charge is 0.326 e. The Morgan fingerprint density at radius 1 is 1.39 bits per heavy atom. The molecule has 1 fully saturated rings. The van der Waals surface area contributed by atoms with Crippen LogP contribution in [0.25, 0.3) is 0 Å². The van der Waals surface area contributed by atoms with E-state index in [1.54, 1.807) is 0 Å². The second-order valence-electron chi connectivity index (χ2n) is 5.63. The molecule has 1 aliphatic carbocycles. The van der Waals surface area contributed by atoms with Crippen LogP contribution < -0.4 is 10.6 Å². The van der Waals surface area contributed by atoms with Gasteiger partial charge >= 0.3 is 12.0 Å². The monoisotopic (exact) mass is 256 g/mol. The summed E-state index contributed by atoms with van der Waals surface area (Å²) < 4.78 is 0. The first-order valence-corrected chi connectivity index (χ1v) is 6.68. The van der Waals surface area contributed by atoms with Crippen molar-refractivity contribution < 1.29 is 14.7 Å². The van der Waals surface area contributed by atoms with E-state index in [0.717, 1.165) is 25.7 Å². The van der Waals surface area contributed by atoms with Crippen LogP contribution in [0.1, 0.15) is 52.9 Å². The Morgan fingerprint density at radius 3 is 2.44 bits per heavy atom. The molecule has 1 atom stereocenters. The average Bonchev–Trinajstić information content (AvgIpc) is 3.06. The Labute approximate surface area is 108 Å². The van der Waals surface area contributed by atoms with Crippen LogP contribution in [0.4, 0.5) is 4.79 Å². The number of carbonyl (C=O) groups excluding carboxylic acids is 1. The van der Waals surface area contributed by atoms with Crippen molar-refractivity contribution in [2.24, 2.45) is 5.92 Å². The van der Waals surface area contributed by atoms with Gasteiger partial charge in [-0.1, -0.05) is 19.8 Å². The highest BCUT2D eigenvalue weighted by atomic mass is 16.4. The fraction of sp³-hybridized carbons (Fsp3) is 0.846. The van der Waals surface area contributed by atoms with Crippen LogP contribution in [-0.4, -0.2) is 28.7 Å². The van der Waals surface area contributed by atoms with E-state index in [9.17, 15) is 9.59 Å². The van der Waals surface area contributed by atoms with Gasteiger partial charge in [0.25, 0.3) is 0 Å². The zero-order valence-corrected chi connectivity index (χ0v) is 11.5. The molecule has 0 radical (unpaired) electrons. The molecule has 1 rings (SSSR count). The zero-order valence-electron chi connectivity index (χ0n) is 11.5. The van der Waals surface area contributed by atoms with Gasteiger partial charge in [-0.15, -0.1) is 0 Å². The third-order valence-corrected chi connectivity index (χ3v) is 3.48. The Kier molecular flexibility index (Phi) is 4.99. The molecule has 0 aliphatic heterocycles. The fourth-order valence-corrected chi connectivity index (χ4v) is 2.06. The first kappa shape index (κ1) is 14.8. The zero-order chi connectivity index (χ0) is 13.8. The van der Waals surface area contributed by atoms with E-state index >= 15 is 0 Å². The largest absolute Gasteiger partial charge is 0.480 e. The molecule has 2 amide bonds. The van der Waals surface area contributed by atoms with Crippen molar-refractivity contribution in [2.75, 3.05) is 0 Å². The van der Waals surface area contributed by atoms with Gasteiger partial charge in [0, 0.05) is 5.54 Å². The number of amides is 2. The molecule has 0 heterocycles. The summed E-state index contributed by atoms with van der Waals surface area (Å²) in [6.45, 7) is 5.95. The van der Waals surface area contributed by atoms with Gasteiger partial charge in [-0.3, -0.25) is 0 Å². The van der Waals surface area contributed by atoms with Crippen LogP contribution in [0.5, 0.6) is 0 Å². The molecule has 5 nitrogen and oxygen atoms in total. The predicted octanol–water partition coefficient (Wildman–Crippen LogP) is 2.12. The summed E-state index contributed by atoms with van der Waals surface area (Å²) in [6, 6.07) is -1.17. The van der Waals surface area contributed by atoms with Gasteiger partial charge < -0.3 is 15.7 Å². The number of carboxylic acids is 1. The van der Waals surface area contributed by atoms with E-state index in [4.69, 9.17) is 5.11 Å². The van der Waals surface area contributed by atoms with Crippen molar-refractivity contribution in [3.8, 4) is 0 Å². The van der Waals surface area contributed by atoms with Gasteiger partial charge in [-0.05, 0) is 39.0 Å². The number of carboxylic acid groups (broad SMARTS) is 1. The number of carbonyl (C=O) groups is 2. The van der Waals surface area contributed by atoms with Gasteiger partial charge in [0.15, 0.2) is 0 Å². The Morgan fingerprint density at radius 2 is 2.00 bits per heavy atom. The van der Waals surface area contributed by atoms with E-state index in [1.807, 2.05) is 20.8 Å². The summed E-state index contributed by atoms with van der Waals surface area (Å²) in [4.78, 5) is 22.8. The summed E-state index contributed by atoms with van der Waals surface area (Å²) in [5, 5.41) is 14.4. The summed E-state index contributed by atoms with van der Waals surface area (Å²) in [5.74, 6) is -0.454. The molecule has 1 aliphatic rings. The Hall–Kier alpha value is -1.26. The van der Waals surface area contributed by atoms with Crippen LogP contribution in [0.15, 0.2) is 0 Å². The van der Waals surface area contributed by atoms with Crippen molar-refractivity contribution in [1.82, 2.24) is 10.6 Å². The molecule has 104 valence electrons. The van der Waals surface area contributed by atoms with E-state index in [1.165, 1.54) is 0 Å². The number of unbranched alkanes of at least 4 members (excludes halogenated alkanes) is 1. The van der Waals surface area contributed by atoms with Crippen molar-refractivity contribution in [1.29, 1.82) is 0 Å². The van der Waals surface area contributed by atoms with E-state index in [0.29, 0.717) is 12.3 Å². The van der Waals surface area contributed by atoms with Crippen LogP contribution in [0.3, 0.4) is 0 Å². The molecule has 5 heteroatoms. The lowest BCUT2D eigenvalue weighted by Gasteiger charge is -2.27. The van der Waals surface area contributed by atoms with E-state index in [-0.39, 0.29) is 11.6 Å². The highest BCUT2D eigenvalue weighted by molar-refractivity contribution is 5.82. The van der Waals surface area contributed by atoms with Crippen LogP contribution in [-0.2, 0) is 4.79 Å². The number of hydrogen-bond donors (Lipinski definition) is 3. The second-order valence-corrected chi connectivity index (χ2v) is 5.63. The number of hydrogen-bond acceptors (Lipinski definition) is 2. The highest BCUT2D eigenvalue weighted by Crippen LogP contribution is 2.39. The lowest BCUT2D eigenvalue weighted by atomic mass is 9.99. The van der Waals surface area contributed by atoms with Crippen molar-refractivity contribution in [2.45, 2.75) is 64.5 Å². The quantitative estimate of drug-likeness (QED) is 0.653. The van der Waals surface area contributed by atoms with Crippen LogP contribution >= 0.6 is 0 Å². The fourth-order valence-electron chi connectivity index (χ4n) is 2.06. The summed E-state index contributed by atoms with van der Waals surface area (Å²) in [6.07, 6.45) is 4.45. The maximum atomic E-state index is 11.8. The maximum absolute atomic E-state index is 11.8. The lowest BCUT2D eigenvalue weighted by molar-refractivity contribution is -0.139. The number of rotatable bonds is 7. The second kappa shape index (κ2) is 6.07. The molecule has 1 saturated carbocycles. The van der Waals surface area contributed by atoms with Gasteiger partial charge in [0.1, 0.15) is 6.04 Å². The standard InChI is InChI=1S/C13H24N2O3/c1-4-5-6-10(11(16)17)14-12(18)15-13(2,3)9-7-8-9/h9-10H,4-8H2,1-3H3,(H,16,17)(H2,14,15,18). The Bertz CT molecular complexity index is 311. The first-order chi connectivity index (χ1) is 8.36. The molecule has 18 heavy (non-hydrogen) atoms. The van der Waals surface area contributed by atoms with Gasteiger partial charge in [-0.2, -0.15) is 0 Å². The van der Waals surface area contributed by atoms with Gasteiger partial charge in [-0.25, -0.2) is 9.59 Å². The molecule has 3 N–H and O–H groups in total. The number of aliphatic carboxylic acids is 1. The minimum absolute atomic E-state index is 0.252. The topological polar surface area (TPSA) is 78.4 Å². The molecular formula is C13H24N2O3. The van der Waals surface area contributed by atoms with E-state index in [2.05, 4.69) is 10.6 Å². The molecule has 1 unspecified atom stereocenters. The summed E-state index contributed by atoms with van der Waals surface area (Å²) in [7, 11) is 0. The van der Waals surface area contributed by atoms with Crippen molar-refractivity contribution in [3.05, 3.63) is 0 Å². The average molecular weight is 256 g/mol. The molecule has 0 aromatic carbocycles. The maximum Gasteiger partial charge on any atom is 0.326 e. The molecule has 0 aromatic rings. The first-order valence-electron chi connectivity index (χ1n) is 6.68. The summed E-state index contributed by atoms with van der Waals surface area (Å²) in [5.41, 5.74) is -0.252. The van der Waals surface area contributed by atoms with Gasteiger partial charge in [0.2, 0.25) is 0 Å². The normalized spacial score (nSPS) is 17.1. The third kappa shape index (κ3) is 4.55. The highest BCUT2D eigenvalue weighted by Gasteiger charge is 2.39. The Balaban J connectivity index is 2.42. The summed E-state index contributed by atoms with van der Waals surface area (Å²) >= 11 is 0. The number of urea groups is 1. The molecule has 0 bridgehead atoms. The minimum atomic E-state index is -0.970. The SMILES string of the molecule is CCCCC(NC(=O)NC(C)(C)C1CC1)C(=O)O. The molecule has 0 spiro atoms. The van der Waals surface area contributed by atoms with Crippen molar-refractivity contribution in [3.63, 3.8) is 0 Å².